The summed E-state index contributed by atoms with van der Waals surface area (Å²) in [6.07, 6.45) is 8.23. The van der Waals surface area contributed by atoms with E-state index in [1.165, 1.54) is 4.90 Å². The molecule has 2 unspecified atom stereocenters. The van der Waals surface area contributed by atoms with E-state index in [1.807, 2.05) is 25.7 Å². The molecule has 8 heteroatoms. The predicted molar refractivity (Wildman–Crippen MR) is 126 cm³/mol. The monoisotopic (exact) mass is 476 g/mol. The topological polar surface area (TPSA) is 107 Å². The van der Waals surface area contributed by atoms with E-state index in [0.29, 0.717) is 25.8 Å². The fourth-order valence-electron chi connectivity index (χ4n) is 7.40. The third kappa shape index (κ3) is 3.51. The average Bonchev–Trinajstić information content (AvgIpc) is 3.42. The standard InChI is InChI=1S/C26H40N2O6/c1-5-14-27(17-10-8-7-9-11-17)23(31)21-26-13-12-25(6-2,34-26)20(24(32)33)19(26)22(30)28(21)18(15-29)16(3)4/h5,16-21,29H,1,6-15H2,2-4H3,(H,32,33)/t18-,19-,20-,21?,25+,26?/m0/s1. The van der Waals surface area contributed by atoms with E-state index < -0.39 is 41.1 Å². The molecule has 2 amide bonds. The zero-order valence-electron chi connectivity index (χ0n) is 20.7. The average molecular weight is 477 g/mol. The maximum Gasteiger partial charge on any atom is 0.310 e. The third-order valence-electron chi connectivity index (χ3n) is 9.06. The third-order valence-corrected chi connectivity index (χ3v) is 9.06. The Morgan fingerprint density at radius 1 is 1.26 bits per heavy atom. The Bertz CT molecular complexity index is 839. The minimum absolute atomic E-state index is 0.0623. The number of aliphatic hydroxyl groups is 1. The molecule has 4 rings (SSSR count). The Morgan fingerprint density at radius 3 is 2.47 bits per heavy atom. The second-order valence-corrected chi connectivity index (χ2v) is 11.0. The minimum Gasteiger partial charge on any atom is -0.481 e. The molecular weight excluding hydrogens is 436 g/mol. The van der Waals surface area contributed by atoms with Gasteiger partial charge >= 0.3 is 5.97 Å². The van der Waals surface area contributed by atoms with E-state index in [9.17, 15) is 24.6 Å². The van der Waals surface area contributed by atoms with Gasteiger partial charge in [-0.2, -0.15) is 0 Å². The number of amides is 2. The van der Waals surface area contributed by atoms with E-state index in [2.05, 4.69) is 6.58 Å². The first-order valence-corrected chi connectivity index (χ1v) is 13.0. The molecule has 2 bridgehead atoms. The molecule has 0 radical (unpaired) electrons. The first-order valence-electron chi connectivity index (χ1n) is 13.0. The van der Waals surface area contributed by atoms with Gasteiger partial charge in [0.1, 0.15) is 17.6 Å². The highest BCUT2D eigenvalue weighted by Crippen LogP contribution is 2.64. The highest BCUT2D eigenvalue weighted by Gasteiger charge is 2.79. The van der Waals surface area contributed by atoms with Crippen molar-refractivity contribution >= 4 is 17.8 Å². The van der Waals surface area contributed by atoms with Gasteiger partial charge in [0.2, 0.25) is 11.8 Å². The van der Waals surface area contributed by atoms with Gasteiger partial charge in [0.05, 0.1) is 24.2 Å². The van der Waals surface area contributed by atoms with Crippen molar-refractivity contribution in [3.8, 4) is 0 Å². The summed E-state index contributed by atoms with van der Waals surface area (Å²) in [5, 5.41) is 20.5. The molecule has 4 aliphatic rings. The maximum atomic E-state index is 14.4. The summed E-state index contributed by atoms with van der Waals surface area (Å²) in [5.74, 6) is -3.63. The van der Waals surface area contributed by atoms with E-state index in [4.69, 9.17) is 4.74 Å². The number of nitrogens with zero attached hydrogens (tertiary/aromatic N) is 2. The number of carbonyl (C=O) groups is 3. The molecule has 0 aromatic carbocycles. The summed E-state index contributed by atoms with van der Waals surface area (Å²) < 4.78 is 6.62. The van der Waals surface area contributed by atoms with Gasteiger partial charge in [0, 0.05) is 12.6 Å². The van der Waals surface area contributed by atoms with Gasteiger partial charge in [0.15, 0.2) is 0 Å². The molecule has 2 N–H and O–H groups in total. The van der Waals surface area contributed by atoms with Gasteiger partial charge in [0.25, 0.3) is 0 Å². The molecular formula is C26H40N2O6. The normalized spacial score (nSPS) is 36.1. The number of hydrogen-bond donors (Lipinski definition) is 2. The second kappa shape index (κ2) is 9.26. The number of likely N-dealkylation sites (tertiary alicyclic amines) is 1. The lowest BCUT2D eigenvalue weighted by Gasteiger charge is -2.43. The lowest BCUT2D eigenvalue weighted by molar-refractivity contribution is -0.162. The van der Waals surface area contributed by atoms with Gasteiger partial charge in [-0.05, 0) is 38.0 Å². The summed E-state index contributed by atoms with van der Waals surface area (Å²) >= 11 is 0. The van der Waals surface area contributed by atoms with Crippen LogP contribution in [-0.4, -0.2) is 80.3 Å². The molecule has 3 saturated heterocycles. The van der Waals surface area contributed by atoms with Crippen molar-refractivity contribution in [1.82, 2.24) is 9.80 Å². The van der Waals surface area contributed by atoms with Gasteiger partial charge in [-0.3, -0.25) is 14.4 Å². The molecule has 1 aliphatic carbocycles. The largest absolute Gasteiger partial charge is 0.481 e. The zero-order valence-corrected chi connectivity index (χ0v) is 20.7. The number of carboxylic acid groups (broad SMARTS) is 1. The van der Waals surface area contributed by atoms with Crippen molar-refractivity contribution in [2.75, 3.05) is 13.2 Å². The highest BCUT2D eigenvalue weighted by atomic mass is 16.5. The van der Waals surface area contributed by atoms with Crippen LogP contribution in [0.5, 0.6) is 0 Å². The van der Waals surface area contributed by atoms with Crippen LogP contribution in [-0.2, 0) is 19.1 Å². The van der Waals surface area contributed by atoms with Gasteiger partial charge in [-0.15, -0.1) is 6.58 Å². The van der Waals surface area contributed by atoms with Crippen LogP contribution in [0, 0.1) is 17.8 Å². The van der Waals surface area contributed by atoms with E-state index >= 15 is 0 Å². The lowest BCUT2D eigenvalue weighted by Crippen LogP contribution is -2.61. The van der Waals surface area contributed by atoms with E-state index in [1.54, 1.807) is 6.08 Å². The summed E-state index contributed by atoms with van der Waals surface area (Å²) in [4.78, 5) is 44.2. The minimum atomic E-state index is -1.18. The quantitative estimate of drug-likeness (QED) is 0.496. The second-order valence-electron chi connectivity index (χ2n) is 11.0. The first-order chi connectivity index (χ1) is 16.2. The molecule has 190 valence electrons. The van der Waals surface area contributed by atoms with Crippen LogP contribution in [0.25, 0.3) is 0 Å². The lowest BCUT2D eigenvalue weighted by atomic mass is 9.65. The molecule has 4 fully saturated rings. The van der Waals surface area contributed by atoms with Gasteiger partial charge in [-0.1, -0.05) is 46.1 Å². The van der Waals surface area contributed by atoms with Crippen LogP contribution in [0.4, 0.5) is 0 Å². The number of rotatable bonds is 9. The van der Waals surface area contributed by atoms with Crippen molar-refractivity contribution in [3.05, 3.63) is 12.7 Å². The zero-order chi connectivity index (χ0) is 24.8. The number of aliphatic hydroxyl groups excluding tert-OH is 1. The van der Waals surface area contributed by atoms with Gasteiger partial charge < -0.3 is 24.7 Å². The smallest absolute Gasteiger partial charge is 0.310 e. The molecule has 6 atom stereocenters. The molecule has 3 aliphatic heterocycles. The van der Waals surface area contributed by atoms with Crippen molar-refractivity contribution < 1.29 is 29.3 Å². The number of aliphatic carboxylic acids is 1. The Labute approximate surface area is 202 Å². The number of carboxylic acids is 1. The van der Waals surface area contributed by atoms with Crippen LogP contribution < -0.4 is 0 Å². The maximum absolute atomic E-state index is 14.4. The molecule has 0 aromatic rings. The van der Waals surface area contributed by atoms with Crippen molar-refractivity contribution in [2.45, 2.75) is 101 Å². The number of hydrogen-bond acceptors (Lipinski definition) is 5. The summed E-state index contributed by atoms with van der Waals surface area (Å²) in [6, 6.07) is -1.47. The molecule has 1 spiro atoms. The fraction of sp³-hybridized carbons (Fsp3) is 0.808. The Hall–Kier alpha value is -1.93. The molecule has 3 heterocycles. The molecule has 34 heavy (non-hydrogen) atoms. The summed E-state index contributed by atoms with van der Waals surface area (Å²) in [5.41, 5.74) is -2.11. The van der Waals surface area contributed by atoms with Crippen LogP contribution in [0.1, 0.15) is 72.1 Å². The Kier molecular flexibility index (Phi) is 6.86. The summed E-state index contributed by atoms with van der Waals surface area (Å²) in [7, 11) is 0. The number of ether oxygens (including phenoxy) is 1. The van der Waals surface area contributed by atoms with E-state index in [-0.39, 0.29) is 30.4 Å². The van der Waals surface area contributed by atoms with Crippen LogP contribution >= 0.6 is 0 Å². The Balaban J connectivity index is 1.83. The SMILES string of the molecule is C=CCN(C(=O)C1N([C@@H](CO)C(C)C)C(=O)[C@@H]2[C@@H](C(=O)O)[C@@]3(CC)CCC12O3)C1CCCCC1. The molecule has 0 aromatic heterocycles. The van der Waals surface area contributed by atoms with Crippen molar-refractivity contribution in [1.29, 1.82) is 0 Å². The summed E-state index contributed by atoms with van der Waals surface area (Å²) in [6.45, 7) is 9.65. The van der Waals surface area contributed by atoms with Crippen LogP contribution in [0.2, 0.25) is 0 Å². The molecule has 1 saturated carbocycles. The van der Waals surface area contributed by atoms with E-state index in [0.717, 1.165) is 32.1 Å². The molecule has 8 nitrogen and oxygen atoms in total. The van der Waals surface area contributed by atoms with Crippen molar-refractivity contribution in [3.63, 3.8) is 0 Å². The fourth-order valence-corrected chi connectivity index (χ4v) is 7.40. The number of fused-ring (bicyclic) bond motifs is 1. The van der Waals surface area contributed by atoms with Crippen molar-refractivity contribution in [2.24, 2.45) is 17.8 Å². The highest BCUT2D eigenvalue weighted by molar-refractivity contribution is 5.98. The van der Waals surface area contributed by atoms with Crippen LogP contribution in [0.3, 0.4) is 0 Å². The first kappa shape index (κ1) is 25.2. The van der Waals surface area contributed by atoms with Gasteiger partial charge in [-0.25, -0.2) is 0 Å². The Morgan fingerprint density at radius 2 is 1.94 bits per heavy atom. The predicted octanol–water partition coefficient (Wildman–Crippen LogP) is 2.59. The number of carbonyl (C=O) groups excluding carboxylic acids is 2. The van der Waals surface area contributed by atoms with Crippen LogP contribution in [0.15, 0.2) is 12.7 Å².